The molecule has 1 saturated heterocycles. The Morgan fingerprint density at radius 1 is 1.00 bits per heavy atom. The smallest absolute Gasteiger partial charge is 0.264 e. The van der Waals surface area contributed by atoms with Crippen molar-refractivity contribution in [1.82, 2.24) is 9.80 Å². The van der Waals surface area contributed by atoms with Crippen LogP contribution in [0.25, 0.3) is 0 Å². The molecular weight excluding hydrogens is 526 g/mol. The summed E-state index contributed by atoms with van der Waals surface area (Å²) in [7, 11) is 3.25. The number of nitrogens with zero attached hydrogens (tertiary/aromatic N) is 3. The minimum absolute atomic E-state index is 0.132. The minimum atomic E-state index is -0.337. The number of amides is 3. The number of benzene rings is 2. The first kappa shape index (κ1) is 26.4. The Bertz CT molecular complexity index is 1470. The maximum Gasteiger partial charge on any atom is 0.264 e. The van der Waals surface area contributed by atoms with Crippen molar-refractivity contribution in [2.75, 3.05) is 38.8 Å². The Labute approximate surface area is 238 Å². The van der Waals surface area contributed by atoms with Crippen LogP contribution in [-0.2, 0) is 17.8 Å². The molecule has 2 atom stereocenters. The van der Waals surface area contributed by atoms with Gasteiger partial charge in [-0.2, -0.15) is 0 Å². The molecule has 3 aromatic rings. The normalized spacial score (nSPS) is 19.4. The number of rotatable bonds is 6. The fourth-order valence-electron chi connectivity index (χ4n) is 6.28. The number of piperidine rings is 1. The molecule has 40 heavy (non-hydrogen) atoms. The summed E-state index contributed by atoms with van der Waals surface area (Å²) < 4.78 is 10.9. The van der Waals surface area contributed by atoms with Crippen molar-refractivity contribution in [2.24, 2.45) is 5.92 Å². The van der Waals surface area contributed by atoms with Crippen LogP contribution in [-0.4, -0.2) is 61.4 Å². The van der Waals surface area contributed by atoms with Gasteiger partial charge in [0.25, 0.3) is 11.8 Å². The van der Waals surface area contributed by atoms with Gasteiger partial charge >= 0.3 is 0 Å². The highest BCUT2D eigenvalue weighted by Gasteiger charge is 2.42. The zero-order valence-electron chi connectivity index (χ0n) is 23.0. The molecule has 8 nitrogen and oxygen atoms in total. The van der Waals surface area contributed by atoms with Crippen molar-refractivity contribution < 1.29 is 23.9 Å². The molecule has 0 spiro atoms. The van der Waals surface area contributed by atoms with Crippen LogP contribution in [0.15, 0.2) is 47.8 Å². The predicted octanol–water partition coefficient (Wildman–Crippen LogP) is 4.92. The van der Waals surface area contributed by atoms with Gasteiger partial charge in [-0.3, -0.25) is 19.3 Å². The molecule has 0 bridgehead atoms. The maximum absolute atomic E-state index is 13.8. The lowest BCUT2D eigenvalue weighted by Crippen LogP contribution is -2.46. The van der Waals surface area contributed by atoms with Crippen molar-refractivity contribution in [3.05, 3.63) is 75.0 Å². The summed E-state index contributed by atoms with van der Waals surface area (Å²) in [4.78, 5) is 47.2. The monoisotopic (exact) mass is 559 g/mol. The van der Waals surface area contributed by atoms with E-state index < -0.39 is 0 Å². The van der Waals surface area contributed by atoms with Crippen molar-refractivity contribution in [3.63, 3.8) is 0 Å². The highest BCUT2D eigenvalue weighted by atomic mass is 32.1. The van der Waals surface area contributed by atoms with Crippen LogP contribution < -0.4 is 14.4 Å². The van der Waals surface area contributed by atoms with Gasteiger partial charge in [0.15, 0.2) is 11.5 Å². The van der Waals surface area contributed by atoms with Crippen LogP contribution in [0.3, 0.4) is 0 Å². The Kier molecular flexibility index (Phi) is 7.00. The highest BCUT2D eigenvalue weighted by Crippen LogP contribution is 2.39. The predicted molar refractivity (Wildman–Crippen MR) is 153 cm³/mol. The van der Waals surface area contributed by atoms with Gasteiger partial charge in [0.05, 0.1) is 43.0 Å². The number of methoxy groups -OCH3 is 2. The van der Waals surface area contributed by atoms with Crippen LogP contribution in [0.2, 0.25) is 0 Å². The van der Waals surface area contributed by atoms with Gasteiger partial charge in [0.2, 0.25) is 5.91 Å². The van der Waals surface area contributed by atoms with Gasteiger partial charge in [-0.15, -0.1) is 11.3 Å². The van der Waals surface area contributed by atoms with Crippen molar-refractivity contribution >= 4 is 34.7 Å². The molecule has 3 aliphatic rings. The highest BCUT2D eigenvalue weighted by molar-refractivity contribution is 7.10. The lowest BCUT2D eigenvalue weighted by atomic mass is 9.92. The number of fused-ring (bicyclic) bond motifs is 2. The third kappa shape index (κ3) is 4.42. The summed E-state index contributed by atoms with van der Waals surface area (Å²) >= 11 is 1.54. The SMILES string of the molecule is COc1cc2c(cc1OC)CN(C(=O)[C@@H]1CCCN(c3cccc4c3C(=O)N([C@H](C)c3cccs3)C4=O)C1)CC2. The number of hydrogen-bond donors (Lipinski definition) is 0. The molecular formula is C31H33N3O5S. The van der Waals surface area contributed by atoms with E-state index in [2.05, 4.69) is 4.90 Å². The van der Waals surface area contributed by atoms with Gasteiger partial charge < -0.3 is 19.3 Å². The molecule has 0 N–H and O–H groups in total. The number of ether oxygens (including phenoxy) is 2. The second kappa shape index (κ2) is 10.6. The summed E-state index contributed by atoms with van der Waals surface area (Å²) in [5.41, 5.74) is 3.90. The van der Waals surface area contributed by atoms with Crippen molar-refractivity contribution in [2.45, 2.75) is 38.8 Å². The number of thiophene rings is 1. The van der Waals surface area contributed by atoms with E-state index in [4.69, 9.17) is 9.47 Å². The van der Waals surface area contributed by atoms with E-state index >= 15 is 0 Å². The van der Waals surface area contributed by atoms with Gasteiger partial charge in [-0.1, -0.05) is 12.1 Å². The van der Waals surface area contributed by atoms with Crippen LogP contribution in [0.5, 0.6) is 11.5 Å². The lowest BCUT2D eigenvalue weighted by Gasteiger charge is -2.38. The number of carbonyl (C=O) groups excluding carboxylic acids is 3. The second-order valence-electron chi connectivity index (χ2n) is 10.6. The van der Waals surface area contributed by atoms with Crippen LogP contribution >= 0.6 is 11.3 Å². The Morgan fingerprint density at radius 2 is 1.77 bits per heavy atom. The minimum Gasteiger partial charge on any atom is -0.493 e. The first-order chi connectivity index (χ1) is 19.4. The molecule has 1 aromatic heterocycles. The Balaban J connectivity index is 1.21. The quantitative estimate of drug-likeness (QED) is 0.399. The van der Waals surface area contributed by atoms with Crippen LogP contribution in [0.4, 0.5) is 5.69 Å². The molecule has 3 amide bonds. The summed E-state index contributed by atoms with van der Waals surface area (Å²) in [6, 6.07) is 13.0. The van der Waals surface area contributed by atoms with Crippen molar-refractivity contribution in [3.8, 4) is 11.5 Å². The molecule has 6 rings (SSSR count). The molecule has 4 heterocycles. The molecule has 1 fully saturated rings. The average molecular weight is 560 g/mol. The molecule has 0 unspecified atom stereocenters. The number of anilines is 1. The molecule has 0 radical (unpaired) electrons. The number of hydrogen-bond acceptors (Lipinski definition) is 7. The largest absolute Gasteiger partial charge is 0.493 e. The first-order valence-electron chi connectivity index (χ1n) is 13.7. The van der Waals surface area contributed by atoms with Gasteiger partial charge in [-0.25, -0.2) is 0 Å². The fraction of sp³-hybridized carbons (Fsp3) is 0.387. The Morgan fingerprint density at radius 3 is 2.50 bits per heavy atom. The molecule has 208 valence electrons. The molecule has 0 aliphatic carbocycles. The Hall–Kier alpha value is -3.85. The third-order valence-electron chi connectivity index (χ3n) is 8.41. The van der Waals surface area contributed by atoms with E-state index in [-0.39, 0.29) is 29.7 Å². The molecule has 2 aromatic carbocycles. The summed E-state index contributed by atoms with van der Waals surface area (Å²) in [5.74, 6) is 0.802. The zero-order chi connectivity index (χ0) is 28.0. The van der Waals surface area contributed by atoms with E-state index in [0.29, 0.717) is 42.3 Å². The number of imide groups is 1. The van der Waals surface area contributed by atoms with Crippen molar-refractivity contribution in [1.29, 1.82) is 0 Å². The van der Waals surface area contributed by atoms with E-state index in [9.17, 15) is 14.4 Å². The summed E-state index contributed by atoms with van der Waals surface area (Å²) in [5, 5.41) is 1.95. The first-order valence-corrected chi connectivity index (χ1v) is 14.6. The molecule has 3 aliphatic heterocycles. The average Bonchev–Trinajstić information content (AvgIpc) is 3.62. The van der Waals surface area contributed by atoms with E-state index in [0.717, 1.165) is 41.9 Å². The van der Waals surface area contributed by atoms with Gasteiger partial charge in [0, 0.05) is 31.1 Å². The van der Waals surface area contributed by atoms with E-state index in [1.54, 1.807) is 20.3 Å². The van der Waals surface area contributed by atoms with Crippen LogP contribution in [0.1, 0.15) is 62.5 Å². The fourth-order valence-corrected chi connectivity index (χ4v) is 7.06. The zero-order valence-corrected chi connectivity index (χ0v) is 23.8. The standard InChI is InChI=1S/C31H33N3O5S/c1-19(27-10-6-14-40-27)34-30(36)23-8-4-9-24(28(23)31(34)37)32-12-5-7-21(17-32)29(35)33-13-11-20-15-25(38-2)26(39-3)16-22(20)18-33/h4,6,8-10,14-16,19,21H,5,7,11-13,17-18H2,1-3H3/t19-,21-/m1/s1. The topological polar surface area (TPSA) is 79.4 Å². The number of carbonyl (C=O) groups is 3. The summed E-state index contributed by atoms with van der Waals surface area (Å²) in [6.07, 6.45) is 2.40. The third-order valence-corrected chi connectivity index (χ3v) is 9.45. The molecule has 9 heteroatoms. The van der Waals surface area contributed by atoms with Crippen LogP contribution in [0, 0.1) is 5.92 Å². The van der Waals surface area contributed by atoms with E-state index in [1.165, 1.54) is 21.8 Å². The van der Waals surface area contributed by atoms with Gasteiger partial charge in [0.1, 0.15) is 0 Å². The lowest BCUT2D eigenvalue weighted by molar-refractivity contribution is -0.136. The van der Waals surface area contributed by atoms with E-state index in [1.807, 2.05) is 53.6 Å². The summed E-state index contributed by atoms with van der Waals surface area (Å²) in [6.45, 7) is 4.34. The van der Waals surface area contributed by atoms with Gasteiger partial charge in [-0.05, 0) is 73.0 Å². The molecule has 0 saturated carbocycles. The maximum atomic E-state index is 13.8. The second-order valence-corrected chi connectivity index (χ2v) is 11.6.